The summed E-state index contributed by atoms with van der Waals surface area (Å²) in [5.41, 5.74) is 1.16. The maximum Gasteiger partial charge on any atom is 0.338 e. The molecule has 0 aliphatic rings. The number of halogens is 2. The second kappa shape index (κ2) is 4.61. The van der Waals surface area contributed by atoms with E-state index in [2.05, 4.69) is 9.97 Å². The number of carboxylic acid groups (broad SMARTS) is 1. The molecular weight excluding hydrogens is 283 g/mol. The van der Waals surface area contributed by atoms with Crippen LogP contribution in [0.1, 0.15) is 10.4 Å². The van der Waals surface area contributed by atoms with Gasteiger partial charge >= 0.3 is 5.97 Å². The van der Waals surface area contributed by atoms with Crippen molar-refractivity contribution in [2.45, 2.75) is 0 Å². The van der Waals surface area contributed by atoms with Gasteiger partial charge in [0.25, 0.3) is 0 Å². The van der Waals surface area contributed by atoms with E-state index < -0.39 is 17.3 Å². The van der Waals surface area contributed by atoms with Gasteiger partial charge in [0, 0.05) is 16.7 Å². The molecule has 0 radical (unpaired) electrons. The van der Waals surface area contributed by atoms with Crippen LogP contribution < -0.4 is 0 Å². The number of benzene rings is 2. The van der Waals surface area contributed by atoms with Crippen molar-refractivity contribution in [2.24, 2.45) is 0 Å². The van der Waals surface area contributed by atoms with E-state index in [9.17, 15) is 9.18 Å². The van der Waals surface area contributed by atoms with E-state index in [0.717, 1.165) is 11.6 Å². The van der Waals surface area contributed by atoms with Crippen molar-refractivity contribution in [1.82, 2.24) is 9.97 Å². The van der Waals surface area contributed by atoms with Gasteiger partial charge in [-0.2, -0.15) is 0 Å². The van der Waals surface area contributed by atoms with E-state index in [-0.39, 0.29) is 0 Å². The minimum Gasteiger partial charge on any atom is -0.478 e. The fourth-order valence-electron chi connectivity index (χ4n) is 1.97. The molecule has 0 bridgehead atoms. The molecule has 0 atom stereocenters. The third-order valence-electron chi connectivity index (χ3n) is 2.90. The summed E-state index contributed by atoms with van der Waals surface area (Å²) in [4.78, 5) is 18.1. The first kappa shape index (κ1) is 12.6. The zero-order valence-corrected chi connectivity index (χ0v) is 10.8. The summed E-state index contributed by atoms with van der Waals surface area (Å²) in [5.74, 6) is -1.62. The molecule has 0 amide bonds. The van der Waals surface area contributed by atoms with Gasteiger partial charge in [0.05, 0.1) is 16.6 Å². The number of fused-ring (bicyclic) bond motifs is 1. The van der Waals surface area contributed by atoms with Gasteiger partial charge in [-0.3, -0.25) is 0 Å². The van der Waals surface area contributed by atoms with Crippen LogP contribution in [0.3, 0.4) is 0 Å². The largest absolute Gasteiger partial charge is 0.478 e. The third kappa shape index (κ3) is 2.12. The SMILES string of the molecule is O=C(O)c1cc2nc(-c3cccc(Cl)c3)[nH]c2cc1F. The lowest BCUT2D eigenvalue weighted by Crippen LogP contribution is -1.99. The summed E-state index contributed by atoms with van der Waals surface area (Å²) in [5, 5.41) is 9.45. The molecule has 0 saturated carbocycles. The van der Waals surface area contributed by atoms with E-state index >= 15 is 0 Å². The number of imidazole rings is 1. The summed E-state index contributed by atoms with van der Waals surface area (Å²) in [6.07, 6.45) is 0. The molecule has 2 N–H and O–H groups in total. The van der Waals surface area contributed by atoms with Crippen LogP contribution in [0.4, 0.5) is 4.39 Å². The normalized spacial score (nSPS) is 10.9. The fraction of sp³-hybridized carbons (Fsp3) is 0. The minimum atomic E-state index is -1.32. The molecule has 4 nitrogen and oxygen atoms in total. The van der Waals surface area contributed by atoms with Gasteiger partial charge in [0.15, 0.2) is 0 Å². The summed E-state index contributed by atoms with van der Waals surface area (Å²) >= 11 is 5.91. The average molecular weight is 291 g/mol. The molecule has 20 heavy (non-hydrogen) atoms. The minimum absolute atomic E-state index is 0.388. The summed E-state index contributed by atoms with van der Waals surface area (Å²) in [7, 11) is 0. The summed E-state index contributed by atoms with van der Waals surface area (Å²) < 4.78 is 13.6. The molecule has 1 aromatic heterocycles. The number of carboxylic acids is 1. The maximum atomic E-state index is 13.6. The predicted octanol–water partition coefficient (Wildman–Crippen LogP) is 3.72. The Labute approximate surface area is 117 Å². The van der Waals surface area contributed by atoms with Crippen molar-refractivity contribution in [1.29, 1.82) is 0 Å². The molecule has 0 saturated heterocycles. The maximum absolute atomic E-state index is 13.6. The quantitative estimate of drug-likeness (QED) is 0.756. The van der Waals surface area contributed by atoms with Crippen molar-refractivity contribution >= 4 is 28.6 Å². The van der Waals surface area contributed by atoms with Gasteiger partial charge in [-0.1, -0.05) is 23.7 Å². The second-order valence-electron chi connectivity index (χ2n) is 4.25. The number of carbonyl (C=O) groups is 1. The highest BCUT2D eigenvalue weighted by atomic mass is 35.5. The summed E-state index contributed by atoms with van der Waals surface area (Å²) in [6.45, 7) is 0. The van der Waals surface area contributed by atoms with Crippen LogP contribution in [0, 0.1) is 5.82 Å². The Morgan fingerprint density at radius 1 is 1.30 bits per heavy atom. The molecule has 3 rings (SSSR count). The van der Waals surface area contributed by atoms with Crippen LogP contribution in [0.15, 0.2) is 36.4 Å². The van der Waals surface area contributed by atoms with Crippen LogP contribution in [0.25, 0.3) is 22.4 Å². The van der Waals surface area contributed by atoms with Gasteiger partial charge in [-0.15, -0.1) is 0 Å². The number of aromatic amines is 1. The first-order valence-electron chi connectivity index (χ1n) is 5.73. The van der Waals surface area contributed by atoms with Gasteiger partial charge < -0.3 is 10.1 Å². The molecule has 3 aromatic rings. The predicted molar refractivity (Wildman–Crippen MR) is 73.5 cm³/mol. The fourth-order valence-corrected chi connectivity index (χ4v) is 2.16. The Hall–Kier alpha value is -2.40. The molecule has 1 heterocycles. The molecule has 0 unspecified atom stereocenters. The Bertz CT molecular complexity index is 829. The zero-order valence-electron chi connectivity index (χ0n) is 10.0. The summed E-state index contributed by atoms with van der Waals surface area (Å²) in [6, 6.07) is 9.35. The zero-order chi connectivity index (χ0) is 14.3. The first-order valence-corrected chi connectivity index (χ1v) is 6.11. The highest BCUT2D eigenvalue weighted by Gasteiger charge is 2.14. The molecule has 100 valence electrons. The van der Waals surface area contributed by atoms with E-state index in [0.29, 0.717) is 21.9 Å². The van der Waals surface area contributed by atoms with Gasteiger partial charge in [0.1, 0.15) is 11.6 Å². The number of rotatable bonds is 2. The van der Waals surface area contributed by atoms with Crippen LogP contribution in [0.2, 0.25) is 5.02 Å². The Morgan fingerprint density at radius 2 is 2.10 bits per heavy atom. The second-order valence-corrected chi connectivity index (χ2v) is 4.69. The molecule has 2 aromatic carbocycles. The number of hydrogen-bond acceptors (Lipinski definition) is 2. The smallest absolute Gasteiger partial charge is 0.338 e. The van der Waals surface area contributed by atoms with Gasteiger partial charge in [-0.25, -0.2) is 14.2 Å². The Kier molecular flexibility index (Phi) is 2.91. The monoisotopic (exact) mass is 290 g/mol. The van der Waals surface area contributed by atoms with Gasteiger partial charge in [-0.05, 0) is 18.2 Å². The number of H-pyrrole nitrogens is 1. The number of nitrogens with one attached hydrogen (secondary N) is 1. The lowest BCUT2D eigenvalue weighted by atomic mass is 10.2. The Balaban J connectivity index is 2.18. The number of aromatic nitrogens is 2. The van der Waals surface area contributed by atoms with Crippen LogP contribution in [0.5, 0.6) is 0 Å². The van der Waals surface area contributed by atoms with Gasteiger partial charge in [0.2, 0.25) is 0 Å². The number of nitrogens with zero attached hydrogens (tertiary/aromatic N) is 1. The van der Waals surface area contributed by atoms with E-state index in [4.69, 9.17) is 16.7 Å². The van der Waals surface area contributed by atoms with Crippen molar-refractivity contribution in [3.05, 3.63) is 52.8 Å². The molecule has 6 heteroatoms. The van der Waals surface area contributed by atoms with E-state index in [1.807, 2.05) is 0 Å². The van der Waals surface area contributed by atoms with Crippen LogP contribution >= 0.6 is 11.6 Å². The van der Waals surface area contributed by atoms with E-state index in [1.54, 1.807) is 24.3 Å². The highest BCUT2D eigenvalue weighted by Crippen LogP contribution is 2.24. The highest BCUT2D eigenvalue weighted by molar-refractivity contribution is 6.30. The molecule has 0 spiro atoms. The number of hydrogen-bond donors (Lipinski definition) is 2. The standard InChI is InChI=1S/C14H8ClFN2O2/c15-8-3-1-2-7(4-8)13-17-11-5-9(14(19)20)10(16)6-12(11)18-13/h1-6H,(H,17,18)(H,19,20). The van der Waals surface area contributed by atoms with Crippen LogP contribution in [-0.2, 0) is 0 Å². The Morgan fingerprint density at radius 3 is 2.80 bits per heavy atom. The van der Waals surface area contributed by atoms with Crippen molar-refractivity contribution in [3.63, 3.8) is 0 Å². The topological polar surface area (TPSA) is 66.0 Å². The van der Waals surface area contributed by atoms with E-state index in [1.165, 1.54) is 6.07 Å². The molecule has 0 aliphatic carbocycles. The van der Waals surface area contributed by atoms with Crippen molar-refractivity contribution in [2.75, 3.05) is 0 Å². The van der Waals surface area contributed by atoms with Crippen molar-refractivity contribution < 1.29 is 14.3 Å². The lowest BCUT2D eigenvalue weighted by Gasteiger charge is -1.96. The average Bonchev–Trinajstić information content (AvgIpc) is 2.80. The first-order chi connectivity index (χ1) is 9.54. The lowest BCUT2D eigenvalue weighted by molar-refractivity contribution is 0.0692. The molecule has 0 fully saturated rings. The molecule has 0 aliphatic heterocycles. The van der Waals surface area contributed by atoms with Crippen molar-refractivity contribution in [3.8, 4) is 11.4 Å². The third-order valence-corrected chi connectivity index (χ3v) is 3.13. The van der Waals surface area contributed by atoms with Crippen LogP contribution in [-0.4, -0.2) is 21.0 Å². The molecular formula is C14H8ClFN2O2. The number of aromatic carboxylic acids is 1.